The summed E-state index contributed by atoms with van der Waals surface area (Å²) >= 11 is 0. The Labute approximate surface area is 175 Å². The summed E-state index contributed by atoms with van der Waals surface area (Å²) in [5.74, 6) is 0.416. The first-order valence-electron chi connectivity index (χ1n) is 10.1. The van der Waals surface area contributed by atoms with Gasteiger partial charge in [-0.25, -0.2) is 0 Å². The maximum Gasteiger partial charge on any atom is 0.416 e. The number of nitrogens with zero attached hydrogens (tertiary/aromatic N) is 1. The summed E-state index contributed by atoms with van der Waals surface area (Å²) in [5, 5.41) is 0. The second-order valence-corrected chi connectivity index (χ2v) is 7.62. The summed E-state index contributed by atoms with van der Waals surface area (Å²) in [6, 6.07) is 8.65. The van der Waals surface area contributed by atoms with Crippen LogP contribution in [-0.4, -0.2) is 36.9 Å². The third kappa shape index (κ3) is 5.51. The van der Waals surface area contributed by atoms with Crippen LogP contribution in [0.1, 0.15) is 45.5 Å². The fraction of sp³-hybridized carbons (Fsp3) is 0.375. The van der Waals surface area contributed by atoms with Gasteiger partial charge < -0.3 is 4.74 Å². The molecule has 0 aromatic heterocycles. The Balaban J connectivity index is 1.70. The lowest BCUT2D eigenvalue weighted by Crippen LogP contribution is -2.25. The van der Waals surface area contributed by atoms with Gasteiger partial charge in [-0.1, -0.05) is 24.3 Å². The fourth-order valence-electron chi connectivity index (χ4n) is 3.77. The molecule has 1 heterocycles. The summed E-state index contributed by atoms with van der Waals surface area (Å²) in [5.41, 5.74) is 1.31. The van der Waals surface area contributed by atoms with Gasteiger partial charge in [-0.15, -0.1) is 0 Å². The third-order valence-electron chi connectivity index (χ3n) is 5.28. The molecule has 0 spiro atoms. The number of rotatable bonds is 7. The number of aryl methyl sites for hydroxylation is 2. The number of hydrogen-bond donors (Lipinski definition) is 0. The first-order valence-corrected chi connectivity index (χ1v) is 10.1. The number of ether oxygens (including phenoxy) is 1. The minimum Gasteiger partial charge on any atom is -0.492 e. The van der Waals surface area contributed by atoms with E-state index in [-0.39, 0.29) is 11.3 Å². The first-order chi connectivity index (χ1) is 14.3. The molecule has 1 aliphatic heterocycles. The van der Waals surface area contributed by atoms with E-state index in [1.54, 1.807) is 12.1 Å². The summed E-state index contributed by atoms with van der Waals surface area (Å²) in [4.78, 5) is 14.9. The van der Waals surface area contributed by atoms with Gasteiger partial charge in [0.1, 0.15) is 12.4 Å². The molecule has 0 unspecified atom stereocenters. The van der Waals surface area contributed by atoms with E-state index in [2.05, 4.69) is 4.90 Å². The maximum absolute atomic E-state index is 13.1. The van der Waals surface area contributed by atoms with E-state index >= 15 is 0 Å². The Morgan fingerprint density at radius 2 is 1.73 bits per heavy atom. The zero-order chi connectivity index (χ0) is 21.7. The number of alkyl halides is 3. The van der Waals surface area contributed by atoms with E-state index in [4.69, 9.17) is 4.74 Å². The van der Waals surface area contributed by atoms with Crippen LogP contribution in [0.4, 0.5) is 13.2 Å². The van der Waals surface area contributed by atoms with E-state index < -0.39 is 11.7 Å². The molecule has 0 saturated carbocycles. The lowest BCUT2D eigenvalue weighted by Gasteiger charge is -2.17. The van der Waals surface area contributed by atoms with Gasteiger partial charge >= 0.3 is 6.18 Å². The van der Waals surface area contributed by atoms with Crippen molar-refractivity contribution in [3.63, 3.8) is 0 Å². The highest BCUT2D eigenvalue weighted by atomic mass is 19.4. The fourth-order valence-corrected chi connectivity index (χ4v) is 3.77. The molecule has 0 bridgehead atoms. The van der Waals surface area contributed by atoms with Gasteiger partial charge in [0.2, 0.25) is 0 Å². The van der Waals surface area contributed by atoms with Crippen molar-refractivity contribution < 1.29 is 22.7 Å². The molecule has 0 atom stereocenters. The first kappa shape index (κ1) is 22.1. The molecule has 3 nitrogen and oxygen atoms in total. The molecule has 1 saturated heterocycles. The van der Waals surface area contributed by atoms with Crippen LogP contribution >= 0.6 is 0 Å². The molecule has 30 heavy (non-hydrogen) atoms. The van der Waals surface area contributed by atoms with Crippen LogP contribution in [0.3, 0.4) is 0 Å². The molecule has 0 N–H and O–H groups in total. The van der Waals surface area contributed by atoms with Gasteiger partial charge in [0.25, 0.3) is 0 Å². The van der Waals surface area contributed by atoms with Crippen LogP contribution in [0, 0.1) is 13.8 Å². The van der Waals surface area contributed by atoms with E-state index in [1.807, 2.05) is 13.8 Å². The second-order valence-electron chi connectivity index (χ2n) is 7.62. The minimum absolute atomic E-state index is 0.0336. The molecule has 1 fully saturated rings. The molecule has 0 amide bonds. The average molecular weight is 417 g/mol. The van der Waals surface area contributed by atoms with Crippen molar-refractivity contribution >= 4 is 11.9 Å². The van der Waals surface area contributed by atoms with Crippen LogP contribution < -0.4 is 4.74 Å². The van der Waals surface area contributed by atoms with E-state index in [1.165, 1.54) is 43.2 Å². The van der Waals surface area contributed by atoms with Crippen LogP contribution in [0.25, 0.3) is 6.08 Å². The molecule has 0 radical (unpaired) electrons. The number of hydrogen-bond acceptors (Lipinski definition) is 3. The summed E-state index contributed by atoms with van der Waals surface area (Å²) in [7, 11) is 0. The number of allylic oxidation sites excluding steroid dienone is 1. The molecular weight excluding hydrogens is 391 g/mol. The summed E-state index contributed by atoms with van der Waals surface area (Å²) in [6.45, 7) is 7.43. The van der Waals surface area contributed by atoms with Crippen molar-refractivity contribution in [2.45, 2.75) is 32.9 Å². The number of benzene rings is 2. The molecule has 3 rings (SSSR count). The SMILES string of the molecule is Cc1cc(C(=O)C=Cc2ccccc2C(F)(F)F)cc(C)c1OCCN1CCCC1. The summed E-state index contributed by atoms with van der Waals surface area (Å²) < 4.78 is 45.3. The molecule has 160 valence electrons. The zero-order valence-electron chi connectivity index (χ0n) is 17.3. The van der Waals surface area contributed by atoms with Crippen molar-refractivity contribution in [1.29, 1.82) is 0 Å². The smallest absolute Gasteiger partial charge is 0.416 e. The average Bonchev–Trinajstić information content (AvgIpc) is 3.21. The number of carbonyl (C=O) groups excluding carboxylic acids is 1. The van der Waals surface area contributed by atoms with Gasteiger partial charge in [-0.2, -0.15) is 13.2 Å². The van der Waals surface area contributed by atoms with Crippen LogP contribution in [-0.2, 0) is 6.18 Å². The molecule has 6 heteroatoms. The zero-order valence-corrected chi connectivity index (χ0v) is 17.3. The van der Waals surface area contributed by atoms with Gasteiger partial charge in [-0.3, -0.25) is 9.69 Å². The predicted molar refractivity (Wildman–Crippen MR) is 112 cm³/mol. The van der Waals surface area contributed by atoms with Crippen LogP contribution in [0.2, 0.25) is 0 Å². The number of likely N-dealkylation sites (tertiary alicyclic amines) is 1. The van der Waals surface area contributed by atoms with Crippen LogP contribution in [0.15, 0.2) is 42.5 Å². The largest absolute Gasteiger partial charge is 0.492 e. The standard InChI is InChI=1S/C24H26F3NO2/c1-17-15-20(16-18(2)23(17)30-14-13-28-11-5-6-12-28)22(29)10-9-19-7-3-4-8-21(19)24(25,26)27/h3-4,7-10,15-16H,5-6,11-14H2,1-2H3. The topological polar surface area (TPSA) is 29.5 Å². The van der Waals surface area contributed by atoms with Crippen molar-refractivity contribution in [2.75, 3.05) is 26.2 Å². The quantitative estimate of drug-likeness (QED) is 0.428. The van der Waals surface area contributed by atoms with Crippen LogP contribution in [0.5, 0.6) is 5.75 Å². The number of halogens is 3. The highest BCUT2D eigenvalue weighted by molar-refractivity contribution is 6.07. The number of ketones is 1. The Hall–Kier alpha value is -2.60. The van der Waals surface area contributed by atoms with Gasteiger partial charge in [0, 0.05) is 12.1 Å². The monoisotopic (exact) mass is 417 g/mol. The maximum atomic E-state index is 13.1. The Morgan fingerprint density at radius 1 is 1.10 bits per heavy atom. The molecule has 2 aromatic rings. The second kappa shape index (κ2) is 9.47. The lowest BCUT2D eigenvalue weighted by atomic mass is 10.0. The van der Waals surface area contributed by atoms with E-state index in [9.17, 15) is 18.0 Å². The van der Waals surface area contributed by atoms with E-state index in [0.29, 0.717) is 12.2 Å². The normalized spacial score (nSPS) is 15.1. The van der Waals surface area contributed by atoms with Gasteiger partial charge in [0.05, 0.1) is 5.56 Å². The van der Waals surface area contributed by atoms with Gasteiger partial charge in [0.15, 0.2) is 5.78 Å². The Morgan fingerprint density at radius 3 is 2.37 bits per heavy atom. The van der Waals surface area contributed by atoms with Crippen molar-refractivity contribution in [1.82, 2.24) is 4.90 Å². The Kier molecular flexibility index (Phi) is 6.98. The highest BCUT2D eigenvalue weighted by Crippen LogP contribution is 2.32. The third-order valence-corrected chi connectivity index (χ3v) is 5.28. The van der Waals surface area contributed by atoms with Gasteiger partial charge in [-0.05, 0) is 80.7 Å². The summed E-state index contributed by atoms with van der Waals surface area (Å²) in [6.07, 6.45) is 0.403. The Bertz CT molecular complexity index is 905. The van der Waals surface area contributed by atoms with Crippen molar-refractivity contribution in [3.05, 3.63) is 70.3 Å². The predicted octanol–water partition coefficient (Wildman–Crippen LogP) is 5.69. The minimum atomic E-state index is -4.47. The molecule has 1 aliphatic rings. The molecule has 2 aromatic carbocycles. The lowest BCUT2D eigenvalue weighted by molar-refractivity contribution is -0.137. The van der Waals surface area contributed by atoms with Crippen molar-refractivity contribution in [2.24, 2.45) is 0 Å². The molecular formula is C24H26F3NO2. The number of carbonyl (C=O) groups is 1. The van der Waals surface area contributed by atoms with Crippen molar-refractivity contribution in [3.8, 4) is 5.75 Å². The molecule has 0 aliphatic carbocycles. The highest BCUT2D eigenvalue weighted by Gasteiger charge is 2.32. The van der Waals surface area contributed by atoms with E-state index in [0.717, 1.165) is 42.6 Å².